The van der Waals surface area contributed by atoms with Crippen LogP contribution in [-0.4, -0.2) is 38.6 Å². The summed E-state index contributed by atoms with van der Waals surface area (Å²) in [6.45, 7) is -0.445. The highest BCUT2D eigenvalue weighted by Gasteiger charge is 2.29. The SMILES string of the molecule is O=C(O)Cn1cnc2c(c1=O)NC(C(=O)NC1CCCC1)CC2. The van der Waals surface area contributed by atoms with Gasteiger partial charge in [-0.05, 0) is 25.7 Å². The van der Waals surface area contributed by atoms with Gasteiger partial charge in [-0.3, -0.25) is 19.0 Å². The van der Waals surface area contributed by atoms with Crippen molar-refractivity contribution in [3.8, 4) is 0 Å². The topological polar surface area (TPSA) is 113 Å². The minimum atomic E-state index is -1.11. The number of aromatic nitrogens is 2. The minimum Gasteiger partial charge on any atom is -0.480 e. The van der Waals surface area contributed by atoms with Gasteiger partial charge in [-0.1, -0.05) is 12.8 Å². The van der Waals surface area contributed by atoms with Crippen LogP contribution in [0, 0.1) is 0 Å². The molecule has 23 heavy (non-hydrogen) atoms. The zero-order valence-corrected chi connectivity index (χ0v) is 12.7. The fraction of sp³-hybridized carbons (Fsp3) is 0.600. The van der Waals surface area contributed by atoms with Gasteiger partial charge in [0, 0.05) is 6.04 Å². The molecule has 1 aromatic rings. The smallest absolute Gasteiger partial charge is 0.323 e. The van der Waals surface area contributed by atoms with E-state index in [0.717, 1.165) is 30.3 Å². The first kappa shape index (κ1) is 15.5. The summed E-state index contributed by atoms with van der Waals surface area (Å²) < 4.78 is 1.03. The molecule has 0 bridgehead atoms. The first-order valence-corrected chi connectivity index (χ1v) is 7.91. The lowest BCUT2D eigenvalue weighted by Gasteiger charge is -2.26. The van der Waals surface area contributed by atoms with Crippen LogP contribution in [0.4, 0.5) is 5.69 Å². The zero-order valence-electron chi connectivity index (χ0n) is 12.7. The molecule has 1 fully saturated rings. The molecule has 1 amide bonds. The van der Waals surface area contributed by atoms with E-state index in [2.05, 4.69) is 15.6 Å². The summed E-state index contributed by atoms with van der Waals surface area (Å²) in [7, 11) is 0. The van der Waals surface area contributed by atoms with E-state index in [4.69, 9.17) is 5.11 Å². The van der Waals surface area contributed by atoms with Crippen molar-refractivity contribution < 1.29 is 14.7 Å². The predicted molar refractivity (Wildman–Crippen MR) is 82.3 cm³/mol. The lowest BCUT2D eigenvalue weighted by molar-refractivity contribution is -0.137. The number of nitrogens with one attached hydrogen (secondary N) is 2. The molecule has 3 rings (SSSR count). The van der Waals surface area contributed by atoms with Gasteiger partial charge in [0.2, 0.25) is 5.91 Å². The average molecular weight is 320 g/mol. The number of hydrogen-bond donors (Lipinski definition) is 3. The van der Waals surface area contributed by atoms with Gasteiger partial charge in [-0.2, -0.15) is 0 Å². The second-order valence-corrected chi connectivity index (χ2v) is 6.12. The van der Waals surface area contributed by atoms with Gasteiger partial charge in [0.15, 0.2) is 0 Å². The summed E-state index contributed by atoms with van der Waals surface area (Å²) in [5.74, 6) is -1.21. The fourth-order valence-electron chi connectivity index (χ4n) is 3.21. The first-order chi connectivity index (χ1) is 11.0. The Bertz CT molecular complexity index is 679. The third-order valence-electron chi connectivity index (χ3n) is 4.43. The van der Waals surface area contributed by atoms with Crippen molar-refractivity contribution in [1.82, 2.24) is 14.9 Å². The molecule has 124 valence electrons. The number of aryl methyl sites for hydroxylation is 1. The van der Waals surface area contributed by atoms with E-state index in [1.807, 2.05) is 0 Å². The van der Waals surface area contributed by atoms with E-state index in [9.17, 15) is 14.4 Å². The third kappa shape index (κ3) is 3.35. The van der Waals surface area contributed by atoms with Crippen LogP contribution < -0.4 is 16.2 Å². The number of rotatable bonds is 4. The van der Waals surface area contributed by atoms with Crippen LogP contribution in [0.5, 0.6) is 0 Å². The molecule has 8 heteroatoms. The van der Waals surface area contributed by atoms with Crippen LogP contribution in [-0.2, 0) is 22.6 Å². The molecule has 0 radical (unpaired) electrons. The number of carbonyl (C=O) groups excluding carboxylic acids is 1. The van der Waals surface area contributed by atoms with Crippen molar-refractivity contribution in [2.75, 3.05) is 5.32 Å². The van der Waals surface area contributed by atoms with Crippen molar-refractivity contribution in [3.63, 3.8) is 0 Å². The number of amides is 1. The van der Waals surface area contributed by atoms with Gasteiger partial charge in [-0.15, -0.1) is 0 Å². The Balaban J connectivity index is 1.74. The molecule has 2 heterocycles. The zero-order chi connectivity index (χ0) is 16.4. The standard InChI is InChI=1S/C15H20N4O4/c20-12(21)7-19-8-16-10-5-6-11(18-13(10)15(19)23)14(22)17-9-3-1-2-4-9/h8-9,11,18H,1-7H2,(H,17,22)(H,20,21). The van der Waals surface area contributed by atoms with E-state index < -0.39 is 24.1 Å². The van der Waals surface area contributed by atoms with Crippen LogP contribution in [0.25, 0.3) is 0 Å². The molecule has 8 nitrogen and oxygen atoms in total. The van der Waals surface area contributed by atoms with Crippen molar-refractivity contribution in [2.45, 2.75) is 57.2 Å². The molecule has 1 aliphatic heterocycles. The van der Waals surface area contributed by atoms with Gasteiger partial charge in [0.1, 0.15) is 18.3 Å². The van der Waals surface area contributed by atoms with Crippen LogP contribution in [0.1, 0.15) is 37.8 Å². The van der Waals surface area contributed by atoms with E-state index in [1.54, 1.807) is 0 Å². The maximum atomic E-state index is 12.3. The summed E-state index contributed by atoms with van der Waals surface area (Å²) in [5, 5.41) is 14.8. The van der Waals surface area contributed by atoms with E-state index >= 15 is 0 Å². The minimum absolute atomic E-state index is 0.101. The normalized spacial score (nSPS) is 20.6. The third-order valence-corrected chi connectivity index (χ3v) is 4.43. The molecule has 1 aliphatic carbocycles. The molecule has 0 saturated heterocycles. The molecule has 0 spiro atoms. The number of anilines is 1. The molecule has 1 atom stereocenters. The number of nitrogens with zero attached hydrogens (tertiary/aromatic N) is 2. The number of carboxylic acids is 1. The largest absolute Gasteiger partial charge is 0.480 e. The lowest BCUT2D eigenvalue weighted by Crippen LogP contribution is -2.47. The van der Waals surface area contributed by atoms with Crippen molar-refractivity contribution in [1.29, 1.82) is 0 Å². The molecule has 1 aromatic heterocycles. The summed E-state index contributed by atoms with van der Waals surface area (Å²) in [5.41, 5.74) is 0.379. The predicted octanol–water partition coefficient (Wildman–Crippen LogP) is 0.113. The molecular weight excluding hydrogens is 300 g/mol. The number of carboxylic acid groups (broad SMARTS) is 1. The Morgan fingerprint density at radius 1 is 1.35 bits per heavy atom. The van der Waals surface area contributed by atoms with Gasteiger partial charge in [0.25, 0.3) is 5.56 Å². The summed E-state index contributed by atoms with van der Waals surface area (Å²) in [6.07, 6.45) is 6.61. The van der Waals surface area contributed by atoms with Crippen molar-refractivity contribution in [3.05, 3.63) is 22.4 Å². The maximum absolute atomic E-state index is 12.3. The molecule has 0 aromatic carbocycles. The fourth-order valence-corrected chi connectivity index (χ4v) is 3.21. The number of aliphatic carboxylic acids is 1. The Labute approximate surface area is 132 Å². The Kier molecular flexibility index (Phi) is 4.31. The summed E-state index contributed by atoms with van der Waals surface area (Å²) >= 11 is 0. The Morgan fingerprint density at radius 3 is 2.78 bits per heavy atom. The number of carbonyl (C=O) groups is 2. The highest BCUT2D eigenvalue weighted by molar-refractivity contribution is 5.85. The van der Waals surface area contributed by atoms with Gasteiger partial charge in [-0.25, -0.2) is 4.98 Å². The number of hydrogen-bond acceptors (Lipinski definition) is 5. The van der Waals surface area contributed by atoms with Crippen LogP contribution in [0.15, 0.2) is 11.1 Å². The first-order valence-electron chi connectivity index (χ1n) is 7.91. The van der Waals surface area contributed by atoms with Crippen molar-refractivity contribution >= 4 is 17.6 Å². The second-order valence-electron chi connectivity index (χ2n) is 6.12. The maximum Gasteiger partial charge on any atom is 0.323 e. The molecule has 1 saturated carbocycles. The highest BCUT2D eigenvalue weighted by Crippen LogP contribution is 2.21. The highest BCUT2D eigenvalue weighted by atomic mass is 16.4. The monoisotopic (exact) mass is 320 g/mol. The van der Waals surface area contributed by atoms with Crippen LogP contribution in [0.3, 0.4) is 0 Å². The number of fused-ring (bicyclic) bond motifs is 1. The molecule has 1 unspecified atom stereocenters. The second kappa shape index (κ2) is 6.39. The molecule has 3 N–H and O–H groups in total. The van der Waals surface area contributed by atoms with Gasteiger partial charge >= 0.3 is 5.97 Å². The van der Waals surface area contributed by atoms with Gasteiger partial charge < -0.3 is 15.7 Å². The Hall–Kier alpha value is -2.38. The summed E-state index contributed by atoms with van der Waals surface area (Å²) in [6, 6.07) is -0.249. The summed E-state index contributed by atoms with van der Waals surface area (Å²) in [4.78, 5) is 39.6. The van der Waals surface area contributed by atoms with E-state index in [1.165, 1.54) is 6.33 Å². The quantitative estimate of drug-likeness (QED) is 0.726. The van der Waals surface area contributed by atoms with Crippen molar-refractivity contribution in [2.24, 2.45) is 0 Å². The van der Waals surface area contributed by atoms with Crippen LogP contribution in [0.2, 0.25) is 0 Å². The van der Waals surface area contributed by atoms with E-state index in [0.29, 0.717) is 18.5 Å². The van der Waals surface area contributed by atoms with Gasteiger partial charge in [0.05, 0.1) is 12.0 Å². The molecule has 2 aliphatic rings. The van der Waals surface area contributed by atoms with Crippen LogP contribution >= 0.6 is 0 Å². The average Bonchev–Trinajstić information content (AvgIpc) is 3.02. The van der Waals surface area contributed by atoms with E-state index in [-0.39, 0.29) is 17.6 Å². The lowest BCUT2D eigenvalue weighted by atomic mass is 10.0. The Morgan fingerprint density at radius 2 is 2.09 bits per heavy atom. The molecular formula is C15H20N4O4.